The molecule has 0 spiro atoms. The minimum absolute atomic E-state index is 0.176. The van der Waals surface area contributed by atoms with E-state index in [0.717, 1.165) is 36.6 Å². The van der Waals surface area contributed by atoms with E-state index in [-0.39, 0.29) is 17.8 Å². The molecule has 0 aromatic heterocycles. The van der Waals surface area contributed by atoms with Crippen LogP contribution in [0, 0.1) is 5.82 Å². The van der Waals surface area contributed by atoms with Gasteiger partial charge >= 0.3 is 0 Å². The fraction of sp³-hybridized carbons (Fsp3) is 0.308. The normalized spacial score (nSPS) is 12.0. The lowest BCUT2D eigenvalue weighted by Crippen LogP contribution is -2.18. The second-order valence-corrected chi connectivity index (χ2v) is 7.65. The van der Waals surface area contributed by atoms with Crippen LogP contribution in [-0.2, 0) is 6.54 Å². The Morgan fingerprint density at radius 3 is 1.93 bits per heavy atom. The van der Waals surface area contributed by atoms with Crippen LogP contribution >= 0.6 is 0 Å². The van der Waals surface area contributed by atoms with E-state index in [9.17, 15) is 4.39 Å². The lowest BCUT2D eigenvalue weighted by molar-refractivity contribution is 0.242. The Morgan fingerprint density at radius 2 is 1.37 bits per heavy atom. The molecule has 0 saturated carbocycles. The standard InChI is InChI=1S/C26H30FNO2/c1-19(2)30-25-12-4-20(5-13-25)18-28-17-16-26(21-6-10-23(27)11-7-21)22-8-14-24(29-3)15-9-22/h4-15,19,26,28H,16-18H2,1-3H3/t26-/m1/s1. The van der Waals surface area contributed by atoms with Crippen LogP contribution in [0.4, 0.5) is 4.39 Å². The molecule has 4 heteroatoms. The van der Waals surface area contributed by atoms with Crippen molar-refractivity contribution in [1.29, 1.82) is 0 Å². The number of rotatable bonds is 10. The van der Waals surface area contributed by atoms with Gasteiger partial charge in [-0.2, -0.15) is 0 Å². The van der Waals surface area contributed by atoms with E-state index >= 15 is 0 Å². The second-order valence-electron chi connectivity index (χ2n) is 7.65. The van der Waals surface area contributed by atoms with Crippen molar-refractivity contribution in [3.05, 3.63) is 95.3 Å². The fourth-order valence-corrected chi connectivity index (χ4v) is 3.49. The third-order valence-electron chi connectivity index (χ3n) is 5.02. The van der Waals surface area contributed by atoms with Crippen molar-refractivity contribution < 1.29 is 13.9 Å². The maximum Gasteiger partial charge on any atom is 0.123 e. The molecule has 0 aliphatic rings. The van der Waals surface area contributed by atoms with Crippen molar-refractivity contribution in [2.24, 2.45) is 0 Å². The van der Waals surface area contributed by atoms with Gasteiger partial charge in [0.1, 0.15) is 17.3 Å². The molecular weight excluding hydrogens is 377 g/mol. The average molecular weight is 408 g/mol. The van der Waals surface area contributed by atoms with Gasteiger partial charge < -0.3 is 14.8 Å². The number of benzene rings is 3. The highest BCUT2D eigenvalue weighted by Gasteiger charge is 2.14. The number of methoxy groups -OCH3 is 1. The smallest absolute Gasteiger partial charge is 0.123 e. The Morgan fingerprint density at radius 1 is 0.800 bits per heavy atom. The SMILES string of the molecule is COc1ccc([C@H](CCNCc2ccc(OC(C)C)cc2)c2ccc(F)cc2)cc1. The average Bonchev–Trinajstić information content (AvgIpc) is 2.76. The zero-order valence-corrected chi connectivity index (χ0v) is 17.9. The van der Waals surface area contributed by atoms with Crippen LogP contribution in [0.3, 0.4) is 0 Å². The Hall–Kier alpha value is -2.85. The lowest BCUT2D eigenvalue weighted by atomic mass is 9.88. The molecule has 0 unspecified atom stereocenters. The molecule has 0 saturated heterocycles. The summed E-state index contributed by atoms with van der Waals surface area (Å²) in [6.07, 6.45) is 1.09. The molecule has 0 aliphatic heterocycles. The van der Waals surface area contributed by atoms with E-state index in [1.807, 2.05) is 50.2 Å². The van der Waals surface area contributed by atoms with Crippen LogP contribution in [-0.4, -0.2) is 19.8 Å². The maximum absolute atomic E-state index is 13.4. The third kappa shape index (κ3) is 6.33. The maximum atomic E-state index is 13.4. The monoisotopic (exact) mass is 407 g/mol. The zero-order valence-electron chi connectivity index (χ0n) is 17.9. The van der Waals surface area contributed by atoms with E-state index in [1.165, 1.54) is 23.3 Å². The first-order chi connectivity index (χ1) is 14.5. The molecule has 158 valence electrons. The molecule has 3 aromatic carbocycles. The molecule has 1 N–H and O–H groups in total. The number of ether oxygens (including phenoxy) is 2. The van der Waals surface area contributed by atoms with Gasteiger partial charge in [-0.25, -0.2) is 4.39 Å². The summed E-state index contributed by atoms with van der Waals surface area (Å²) in [5.41, 5.74) is 3.52. The number of hydrogen-bond donors (Lipinski definition) is 1. The minimum Gasteiger partial charge on any atom is -0.497 e. The molecule has 0 radical (unpaired) electrons. The summed E-state index contributed by atoms with van der Waals surface area (Å²) in [6, 6.07) is 23.1. The van der Waals surface area contributed by atoms with Crippen molar-refractivity contribution in [2.75, 3.05) is 13.7 Å². The predicted octanol–water partition coefficient (Wildman–Crippen LogP) is 5.93. The van der Waals surface area contributed by atoms with Crippen LogP contribution < -0.4 is 14.8 Å². The quantitative estimate of drug-likeness (QED) is 0.422. The summed E-state index contributed by atoms with van der Waals surface area (Å²) < 4.78 is 24.4. The van der Waals surface area contributed by atoms with Crippen LogP contribution in [0.25, 0.3) is 0 Å². The fourth-order valence-electron chi connectivity index (χ4n) is 3.49. The molecule has 0 bridgehead atoms. The number of hydrogen-bond acceptors (Lipinski definition) is 3. The van der Waals surface area contributed by atoms with Gasteiger partial charge in [0.05, 0.1) is 13.2 Å². The van der Waals surface area contributed by atoms with Crippen molar-refractivity contribution in [3.8, 4) is 11.5 Å². The van der Waals surface area contributed by atoms with E-state index in [4.69, 9.17) is 9.47 Å². The first kappa shape index (κ1) is 21.8. The van der Waals surface area contributed by atoms with Crippen LogP contribution in [0.15, 0.2) is 72.8 Å². The van der Waals surface area contributed by atoms with Gasteiger partial charge in [0.25, 0.3) is 0 Å². The predicted molar refractivity (Wildman–Crippen MR) is 120 cm³/mol. The summed E-state index contributed by atoms with van der Waals surface area (Å²) in [6.45, 7) is 5.69. The van der Waals surface area contributed by atoms with Crippen LogP contribution in [0.2, 0.25) is 0 Å². The van der Waals surface area contributed by atoms with Gasteiger partial charge in [0.15, 0.2) is 0 Å². The topological polar surface area (TPSA) is 30.5 Å². The van der Waals surface area contributed by atoms with E-state index in [2.05, 4.69) is 29.6 Å². The highest BCUT2D eigenvalue weighted by Crippen LogP contribution is 2.29. The van der Waals surface area contributed by atoms with Gasteiger partial charge in [-0.3, -0.25) is 0 Å². The summed E-state index contributed by atoms with van der Waals surface area (Å²) in [5.74, 6) is 1.70. The zero-order chi connectivity index (χ0) is 21.3. The Labute approximate surface area is 178 Å². The summed E-state index contributed by atoms with van der Waals surface area (Å²) in [4.78, 5) is 0. The van der Waals surface area contributed by atoms with Gasteiger partial charge in [-0.05, 0) is 79.9 Å². The Kier molecular flexibility index (Phi) is 7.86. The van der Waals surface area contributed by atoms with Gasteiger partial charge in [-0.15, -0.1) is 0 Å². The van der Waals surface area contributed by atoms with Crippen molar-refractivity contribution in [1.82, 2.24) is 5.32 Å². The molecule has 3 nitrogen and oxygen atoms in total. The third-order valence-corrected chi connectivity index (χ3v) is 5.02. The highest BCUT2D eigenvalue weighted by atomic mass is 19.1. The van der Waals surface area contributed by atoms with Crippen LogP contribution in [0.5, 0.6) is 11.5 Å². The van der Waals surface area contributed by atoms with Crippen molar-refractivity contribution in [3.63, 3.8) is 0 Å². The van der Waals surface area contributed by atoms with Crippen LogP contribution in [0.1, 0.15) is 42.9 Å². The molecule has 3 rings (SSSR count). The van der Waals surface area contributed by atoms with Gasteiger partial charge in [0.2, 0.25) is 0 Å². The van der Waals surface area contributed by atoms with Gasteiger partial charge in [-0.1, -0.05) is 36.4 Å². The molecule has 0 aliphatic carbocycles. The summed E-state index contributed by atoms with van der Waals surface area (Å²) in [7, 11) is 1.66. The molecule has 1 atom stereocenters. The van der Waals surface area contributed by atoms with E-state index in [0.29, 0.717) is 0 Å². The highest BCUT2D eigenvalue weighted by molar-refractivity contribution is 5.36. The largest absolute Gasteiger partial charge is 0.497 e. The Bertz CT molecular complexity index is 890. The van der Waals surface area contributed by atoms with Crippen molar-refractivity contribution in [2.45, 2.75) is 38.8 Å². The number of halogens is 1. The first-order valence-electron chi connectivity index (χ1n) is 10.4. The number of nitrogens with one attached hydrogen (secondary N) is 1. The summed E-state index contributed by atoms with van der Waals surface area (Å²) >= 11 is 0. The first-order valence-corrected chi connectivity index (χ1v) is 10.4. The Balaban J connectivity index is 1.61. The van der Waals surface area contributed by atoms with E-state index in [1.54, 1.807) is 7.11 Å². The molecule has 0 fully saturated rings. The molecule has 0 amide bonds. The summed E-state index contributed by atoms with van der Waals surface area (Å²) in [5, 5.41) is 3.53. The lowest BCUT2D eigenvalue weighted by Gasteiger charge is -2.19. The molecule has 0 heterocycles. The molecule has 30 heavy (non-hydrogen) atoms. The van der Waals surface area contributed by atoms with Gasteiger partial charge in [0, 0.05) is 12.5 Å². The second kappa shape index (κ2) is 10.8. The minimum atomic E-state index is -0.213. The van der Waals surface area contributed by atoms with E-state index < -0.39 is 0 Å². The molecule has 3 aromatic rings. The molecular formula is C26H30FNO2. The van der Waals surface area contributed by atoms with Crippen molar-refractivity contribution >= 4 is 0 Å².